The van der Waals surface area contributed by atoms with Gasteiger partial charge in [0.2, 0.25) is 0 Å². The van der Waals surface area contributed by atoms with Gasteiger partial charge in [-0.25, -0.2) is 0 Å². The Morgan fingerprint density at radius 2 is 1.17 bits per heavy atom. The minimum Gasteiger partial charge on any atom is -0.311 e. The van der Waals surface area contributed by atoms with E-state index in [0.29, 0.717) is 0 Å². The Hall–Kier alpha value is 0.500. The molecular formula is C8H18Cl2N2. The van der Waals surface area contributed by atoms with Crippen molar-refractivity contribution < 1.29 is 0 Å². The topological polar surface area (TPSA) is 24.1 Å². The maximum Gasteiger partial charge on any atom is 0.0221 e. The molecule has 2 aliphatic rings. The zero-order chi connectivity index (χ0) is 6.81. The first-order valence-electron chi connectivity index (χ1n) is 4.43. The van der Waals surface area contributed by atoms with Gasteiger partial charge in [0.05, 0.1) is 0 Å². The molecule has 1 aliphatic carbocycles. The smallest absolute Gasteiger partial charge is 0.0221 e. The fraction of sp³-hybridized carbons (Fsp3) is 1.00. The summed E-state index contributed by atoms with van der Waals surface area (Å²) >= 11 is 0. The van der Waals surface area contributed by atoms with E-state index in [0.717, 1.165) is 12.1 Å². The van der Waals surface area contributed by atoms with Gasteiger partial charge in [-0.1, -0.05) is 12.8 Å². The van der Waals surface area contributed by atoms with Crippen LogP contribution in [0.15, 0.2) is 0 Å². The molecule has 0 bridgehead atoms. The van der Waals surface area contributed by atoms with Gasteiger partial charge >= 0.3 is 0 Å². The van der Waals surface area contributed by atoms with E-state index in [1.54, 1.807) is 0 Å². The molecule has 2 N–H and O–H groups in total. The van der Waals surface area contributed by atoms with Crippen molar-refractivity contribution in [3.8, 4) is 0 Å². The Bertz CT molecular complexity index is 95.6. The molecule has 12 heavy (non-hydrogen) atoms. The molecule has 2 fully saturated rings. The van der Waals surface area contributed by atoms with Crippen LogP contribution in [0.4, 0.5) is 0 Å². The van der Waals surface area contributed by atoms with Crippen molar-refractivity contribution in [2.75, 3.05) is 13.1 Å². The SMILES string of the molecule is C1CCC2NCCNC2C1.Cl.Cl. The average molecular weight is 213 g/mol. The van der Waals surface area contributed by atoms with Gasteiger partial charge in [0.1, 0.15) is 0 Å². The molecule has 1 heterocycles. The number of piperazine rings is 1. The Morgan fingerprint density at radius 3 is 1.58 bits per heavy atom. The molecule has 0 spiro atoms. The molecule has 0 amide bonds. The van der Waals surface area contributed by atoms with Crippen molar-refractivity contribution in [3.05, 3.63) is 0 Å². The van der Waals surface area contributed by atoms with E-state index in [-0.39, 0.29) is 24.8 Å². The second-order valence-corrected chi connectivity index (χ2v) is 3.41. The number of fused-ring (bicyclic) bond motifs is 1. The molecule has 0 aromatic heterocycles. The Labute approximate surface area is 86.7 Å². The first kappa shape index (κ1) is 12.5. The summed E-state index contributed by atoms with van der Waals surface area (Å²) in [5.41, 5.74) is 0. The minimum atomic E-state index is 0. The lowest BCUT2D eigenvalue weighted by Crippen LogP contribution is -2.56. The maximum atomic E-state index is 3.56. The highest BCUT2D eigenvalue weighted by Gasteiger charge is 2.26. The molecule has 74 valence electrons. The predicted octanol–water partition coefficient (Wildman–Crippen LogP) is 1.33. The lowest BCUT2D eigenvalue weighted by molar-refractivity contribution is 0.251. The Morgan fingerprint density at radius 1 is 0.750 bits per heavy atom. The van der Waals surface area contributed by atoms with E-state index in [1.807, 2.05) is 0 Å². The van der Waals surface area contributed by atoms with Crippen molar-refractivity contribution in [1.82, 2.24) is 10.6 Å². The van der Waals surface area contributed by atoms with E-state index in [2.05, 4.69) is 10.6 Å². The Balaban J connectivity index is 0.000000605. The summed E-state index contributed by atoms with van der Waals surface area (Å²) in [7, 11) is 0. The summed E-state index contributed by atoms with van der Waals surface area (Å²) in [6, 6.07) is 1.59. The third-order valence-corrected chi connectivity index (χ3v) is 2.70. The summed E-state index contributed by atoms with van der Waals surface area (Å²) in [6.45, 7) is 2.34. The van der Waals surface area contributed by atoms with Gasteiger partial charge in [-0.3, -0.25) is 0 Å². The molecule has 2 unspecified atom stereocenters. The Kier molecular flexibility index (Phi) is 6.28. The lowest BCUT2D eigenvalue weighted by Gasteiger charge is -2.37. The monoisotopic (exact) mass is 212 g/mol. The third-order valence-electron chi connectivity index (χ3n) is 2.70. The van der Waals surface area contributed by atoms with E-state index < -0.39 is 0 Å². The van der Waals surface area contributed by atoms with Crippen LogP contribution >= 0.6 is 24.8 Å². The average Bonchev–Trinajstić information content (AvgIpc) is 2.05. The standard InChI is InChI=1S/C8H16N2.2ClH/c1-2-4-8-7(3-1)9-5-6-10-8;;/h7-10H,1-6H2;2*1H. The second-order valence-electron chi connectivity index (χ2n) is 3.41. The zero-order valence-electron chi connectivity index (χ0n) is 7.21. The molecular weight excluding hydrogens is 195 g/mol. The van der Waals surface area contributed by atoms with Crippen LogP contribution < -0.4 is 10.6 Å². The van der Waals surface area contributed by atoms with E-state index in [9.17, 15) is 0 Å². The van der Waals surface area contributed by atoms with Crippen LogP contribution in [0, 0.1) is 0 Å². The number of halogens is 2. The van der Waals surface area contributed by atoms with E-state index >= 15 is 0 Å². The van der Waals surface area contributed by atoms with Crippen LogP contribution in [0.5, 0.6) is 0 Å². The van der Waals surface area contributed by atoms with Crippen molar-refractivity contribution in [3.63, 3.8) is 0 Å². The molecule has 2 rings (SSSR count). The molecule has 1 saturated carbocycles. The van der Waals surface area contributed by atoms with Crippen LogP contribution in [0.3, 0.4) is 0 Å². The van der Waals surface area contributed by atoms with Crippen molar-refractivity contribution in [2.45, 2.75) is 37.8 Å². The van der Waals surface area contributed by atoms with Gasteiger partial charge in [-0.15, -0.1) is 24.8 Å². The normalized spacial score (nSPS) is 34.0. The van der Waals surface area contributed by atoms with Crippen molar-refractivity contribution in [1.29, 1.82) is 0 Å². The van der Waals surface area contributed by atoms with Crippen LogP contribution in [0.2, 0.25) is 0 Å². The number of hydrogen-bond acceptors (Lipinski definition) is 2. The highest BCUT2D eigenvalue weighted by atomic mass is 35.5. The van der Waals surface area contributed by atoms with Crippen LogP contribution in [0.1, 0.15) is 25.7 Å². The van der Waals surface area contributed by atoms with Crippen LogP contribution in [0.25, 0.3) is 0 Å². The van der Waals surface area contributed by atoms with Crippen molar-refractivity contribution in [2.24, 2.45) is 0 Å². The quantitative estimate of drug-likeness (QED) is 0.634. The van der Waals surface area contributed by atoms with Crippen molar-refractivity contribution >= 4 is 24.8 Å². The summed E-state index contributed by atoms with van der Waals surface area (Å²) in [6.07, 6.45) is 5.63. The zero-order valence-corrected chi connectivity index (χ0v) is 8.85. The highest BCUT2D eigenvalue weighted by molar-refractivity contribution is 5.85. The van der Waals surface area contributed by atoms with Gasteiger partial charge in [0, 0.05) is 25.2 Å². The molecule has 0 aromatic rings. The second kappa shape index (κ2) is 6.03. The van der Waals surface area contributed by atoms with Crippen LogP contribution in [-0.4, -0.2) is 25.2 Å². The fourth-order valence-corrected chi connectivity index (χ4v) is 2.13. The third kappa shape index (κ3) is 2.77. The number of rotatable bonds is 0. The molecule has 2 atom stereocenters. The van der Waals surface area contributed by atoms with Gasteiger partial charge < -0.3 is 10.6 Å². The molecule has 1 saturated heterocycles. The lowest BCUT2D eigenvalue weighted by atomic mass is 9.89. The first-order chi connectivity index (χ1) is 4.97. The van der Waals surface area contributed by atoms with Gasteiger partial charge in [0.25, 0.3) is 0 Å². The highest BCUT2D eigenvalue weighted by Crippen LogP contribution is 2.19. The largest absolute Gasteiger partial charge is 0.311 e. The van der Waals surface area contributed by atoms with Crippen LogP contribution in [-0.2, 0) is 0 Å². The summed E-state index contributed by atoms with van der Waals surface area (Å²) in [5.74, 6) is 0. The van der Waals surface area contributed by atoms with Gasteiger partial charge in [0.15, 0.2) is 0 Å². The molecule has 4 heteroatoms. The number of nitrogens with one attached hydrogen (secondary N) is 2. The van der Waals surface area contributed by atoms with E-state index in [1.165, 1.54) is 38.8 Å². The summed E-state index contributed by atoms with van der Waals surface area (Å²) in [4.78, 5) is 0. The van der Waals surface area contributed by atoms with Gasteiger partial charge in [-0.05, 0) is 12.8 Å². The molecule has 0 aromatic carbocycles. The molecule has 2 nitrogen and oxygen atoms in total. The molecule has 1 aliphatic heterocycles. The first-order valence-corrected chi connectivity index (χ1v) is 4.43. The van der Waals surface area contributed by atoms with Gasteiger partial charge in [-0.2, -0.15) is 0 Å². The fourth-order valence-electron chi connectivity index (χ4n) is 2.13. The molecule has 0 radical (unpaired) electrons. The summed E-state index contributed by atoms with van der Waals surface area (Å²) in [5, 5.41) is 7.12. The van der Waals surface area contributed by atoms with E-state index in [4.69, 9.17) is 0 Å². The minimum absolute atomic E-state index is 0. The number of hydrogen-bond donors (Lipinski definition) is 2. The predicted molar refractivity (Wildman–Crippen MR) is 56.5 cm³/mol. The summed E-state index contributed by atoms with van der Waals surface area (Å²) < 4.78 is 0. The maximum absolute atomic E-state index is 3.56.